The maximum Gasteiger partial charge on any atom is 0.321 e. The molecule has 0 heterocycles. The molecule has 0 amide bonds. The van der Waals surface area contributed by atoms with Crippen LogP contribution in [0.5, 0.6) is 0 Å². The quantitative estimate of drug-likeness (QED) is 0.594. The van der Waals surface area contributed by atoms with Gasteiger partial charge in [0.15, 0.2) is 0 Å². The van der Waals surface area contributed by atoms with E-state index in [-0.39, 0.29) is 31.1 Å². The third-order valence-corrected chi connectivity index (χ3v) is 3.86. The number of hydrogen-bond donors (Lipinski definition) is 2. The summed E-state index contributed by atoms with van der Waals surface area (Å²) < 4.78 is 30.0. The number of esters is 1. The molecule has 112 valence electrons. The van der Waals surface area contributed by atoms with Crippen LogP contribution >= 0.6 is 0 Å². The maximum absolute atomic E-state index is 11.6. The van der Waals surface area contributed by atoms with Crippen molar-refractivity contribution in [1.29, 1.82) is 0 Å². The zero-order chi connectivity index (χ0) is 15.1. The van der Waals surface area contributed by atoms with Gasteiger partial charge in [-0.2, -0.15) is 0 Å². The fourth-order valence-corrected chi connectivity index (χ4v) is 3.06. The molecule has 0 fully saturated rings. The topological polar surface area (TPSA) is 110 Å². The number of hydrogen-bond acceptors (Lipinski definition) is 5. The summed E-state index contributed by atoms with van der Waals surface area (Å²) in [7, 11) is -3.67. The van der Waals surface area contributed by atoms with Crippen LogP contribution in [0.4, 0.5) is 0 Å². The first-order valence-electron chi connectivity index (χ1n) is 6.06. The Morgan fingerprint density at radius 1 is 1.32 bits per heavy atom. The molecule has 0 spiro atoms. The average Bonchev–Trinajstić information content (AvgIpc) is 2.22. The van der Waals surface area contributed by atoms with Crippen LogP contribution in [0.25, 0.3) is 0 Å². The summed E-state index contributed by atoms with van der Waals surface area (Å²) in [5.41, 5.74) is 0. The Hall–Kier alpha value is -1.15. The third-order valence-electron chi connectivity index (χ3n) is 2.12. The molecule has 0 saturated carbocycles. The zero-order valence-electron chi connectivity index (χ0n) is 11.4. The number of ether oxygens (including phenoxy) is 1. The van der Waals surface area contributed by atoms with Crippen molar-refractivity contribution < 1.29 is 27.9 Å². The van der Waals surface area contributed by atoms with E-state index in [2.05, 4.69) is 9.46 Å². The van der Waals surface area contributed by atoms with Gasteiger partial charge < -0.3 is 9.84 Å². The molecule has 7 nitrogen and oxygen atoms in total. The third kappa shape index (κ3) is 8.55. The van der Waals surface area contributed by atoms with Gasteiger partial charge in [0.05, 0.1) is 12.4 Å². The molecule has 1 atom stereocenters. The van der Waals surface area contributed by atoms with Gasteiger partial charge in [-0.15, -0.1) is 0 Å². The van der Waals surface area contributed by atoms with Gasteiger partial charge in [-0.3, -0.25) is 9.59 Å². The number of aliphatic carboxylic acids is 1. The van der Waals surface area contributed by atoms with Crippen molar-refractivity contribution in [3.8, 4) is 0 Å². The molecule has 0 rings (SSSR count). The number of carboxylic acids is 1. The SMILES string of the molecule is CCOC(=O)CC[C@H](NS(=O)(=O)CC(C)C)C(=O)O. The number of sulfonamides is 1. The molecule has 19 heavy (non-hydrogen) atoms. The lowest BCUT2D eigenvalue weighted by Gasteiger charge is -2.15. The van der Waals surface area contributed by atoms with E-state index >= 15 is 0 Å². The van der Waals surface area contributed by atoms with E-state index in [9.17, 15) is 18.0 Å². The summed E-state index contributed by atoms with van der Waals surface area (Å²) in [5, 5.41) is 8.93. The van der Waals surface area contributed by atoms with Crippen LogP contribution in [0.1, 0.15) is 33.6 Å². The second-order valence-electron chi connectivity index (χ2n) is 4.53. The predicted octanol–water partition coefficient (Wildman–Crippen LogP) is 0.358. The predicted molar refractivity (Wildman–Crippen MR) is 69.1 cm³/mol. The number of nitrogens with one attached hydrogen (secondary N) is 1. The van der Waals surface area contributed by atoms with Gasteiger partial charge in [0.25, 0.3) is 0 Å². The molecule has 0 aromatic heterocycles. The van der Waals surface area contributed by atoms with Crippen LogP contribution in [0.15, 0.2) is 0 Å². The van der Waals surface area contributed by atoms with Gasteiger partial charge in [-0.1, -0.05) is 13.8 Å². The molecule has 0 aliphatic heterocycles. The van der Waals surface area contributed by atoms with Gasteiger partial charge in [-0.05, 0) is 19.3 Å². The van der Waals surface area contributed by atoms with Crippen molar-refractivity contribution in [3.05, 3.63) is 0 Å². The lowest BCUT2D eigenvalue weighted by Crippen LogP contribution is -2.42. The van der Waals surface area contributed by atoms with Gasteiger partial charge in [0.1, 0.15) is 6.04 Å². The summed E-state index contributed by atoms with van der Waals surface area (Å²) in [6.45, 7) is 5.27. The summed E-state index contributed by atoms with van der Waals surface area (Å²) in [6, 6.07) is -1.31. The van der Waals surface area contributed by atoms with E-state index in [1.165, 1.54) is 0 Å². The molecule has 0 aliphatic rings. The average molecular weight is 295 g/mol. The molecule has 0 aliphatic carbocycles. The highest BCUT2D eigenvalue weighted by Gasteiger charge is 2.25. The lowest BCUT2D eigenvalue weighted by atomic mass is 10.2. The fourth-order valence-electron chi connectivity index (χ4n) is 1.43. The Labute approximate surface area is 113 Å². The number of rotatable bonds is 9. The van der Waals surface area contributed by atoms with E-state index < -0.39 is 28.0 Å². The van der Waals surface area contributed by atoms with E-state index in [1.54, 1.807) is 20.8 Å². The molecule has 0 bridgehead atoms. The Morgan fingerprint density at radius 3 is 2.32 bits per heavy atom. The van der Waals surface area contributed by atoms with Crippen LogP contribution in [0.2, 0.25) is 0 Å². The van der Waals surface area contributed by atoms with Gasteiger partial charge in [-0.25, -0.2) is 13.1 Å². The second-order valence-corrected chi connectivity index (χ2v) is 6.33. The molecule has 0 unspecified atom stereocenters. The van der Waals surface area contributed by atoms with Gasteiger partial charge in [0, 0.05) is 6.42 Å². The largest absolute Gasteiger partial charge is 0.480 e. The minimum atomic E-state index is -3.67. The zero-order valence-corrected chi connectivity index (χ0v) is 12.2. The van der Waals surface area contributed by atoms with Crippen molar-refractivity contribution in [3.63, 3.8) is 0 Å². The first kappa shape index (κ1) is 17.8. The van der Waals surface area contributed by atoms with Gasteiger partial charge >= 0.3 is 11.9 Å². The summed E-state index contributed by atoms with van der Waals surface area (Å²) in [5.74, 6) is -2.12. The summed E-state index contributed by atoms with van der Waals surface area (Å²) in [6.07, 6.45) is -0.277. The fraction of sp³-hybridized carbons (Fsp3) is 0.818. The van der Waals surface area contributed by atoms with Crippen LogP contribution in [-0.4, -0.2) is 43.9 Å². The van der Waals surface area contributed by atoms with Crippen molar-refractivity contribution in [2.45, 2.75) is 39.7 Å². The first-order chi connectivity index (χ1) is 8.68. The van der Waals surface area contributed by atoms with Crippen molar-refractivity contribution in [2.75, 3.05) is 12.4 Å². The molecule has 0 aromatic rings. The molecule has 0 aromatic carbocycles. The van der Waals surface area contributed by atoms with Gasteiger partial charge in [0.2, 0.25) is 10.0 Å². The smallest absolute Gasteiger partial charge is 0.321 e. The Morgan fingerprint density at radius 2 is 1.89 bits per heavy atom. The van der Waals surface area contributed by atoms with E-state index in [0.717, 1.165) is 0 Å². The van der Waals surface area contributed by atoms with E-state index in [4.69, 9.17) is 5.11 Å². The molecule has 8 heteroatoms. The Bertz CT molecular complexity index is 403. The van der Waals surface area contributed by atoms with Crippen molar-refractivity contribution >= 4 is 22.0 Å². The summed E-state index contributed by atoms with van der Waals surface area (Å²) >= 11 is 0. The Kier molecular flexibility index (Phi) is 7.62. The normalized spacial score (nSPS) is 13.3. The highest BCUT2D eigenvalue weighted by molar-refractivity contribution is 7.89. The molecule has 0 radical (unpaired) electrons. The van der Waals surface area contributed by atoms with E-state index in [0.29, 0.717) is 0 Å². The van der Waals surface area contributed by atoms with Crippen LogP contribution in [0, 0.1) is 5.92 Å². The van der Waals surface area contributed by atoms with Crippen molar-refractivity contribution in [1.82, 2.24) is 4.72 Å². The van der Waals surface area contributed by atoms with Crippen LogP contribution in [-0.2, 0) is 24.3 Å². The maximum atomic E-state index is 11.6. The second kappa shape index (κ2) is 8.11. The highest BCUT2D eigenvalue weighted by atomic mass is 32.2. The Balaban J connectivity index is 4.50. The minimum Gasteiger partial charge on any atom is -0.480 e. The number of carboxylic acid groups (broad SMARTS) is 1. The highest BCUT2D eigenvalue weighted by Crippen LogP contribution is 2.04. The monoisotopic (exact) mass is 295 g/mol. The summed E-state index contributed by atoms with van der Waals surface area (Å²) in [4.78, 5) is 22.1. The van der Waals surface area contributed by atoms with Crippen LogP contribution < -0.4 is 4.72 Å². The minimum absolute atomic E-state index is 0.114. The number of carbonyl (C=O) groups is 2. The van der Waals surface area contributed by atoms with Crippen LogP contribution in [0.3, 0.4) is 0 Å². The molecule has 0 saturated heterocycles. The standard InChI is InChI=1S/C11H21NO6S/c1-4-18-10(13)6-5-9(11(14)15)12-19(16,17)7-8(2)3/h8-9,12H,4-7H2,1-3H3,(H,14,15)/t9-/m0/s1. The molecule has 2 N–H and O–H groups in total. The molecular weight excluding hydrogens is 274 g/mol. The lowest BCUT2D eigenvalue weighted by molar-refractivity contribution is -0.144. The number of carbonyl (C=O) groups excluding carboxylic acids is 1. The first-order valence-corrected chi connectivity index (χ1v) is 7.71. The molecular formula is C11H21NO6S. The van der Waals surface area contributed by atoms with E-state index in [1.807, 2.05) is 0 Å². The van der Waals surface area contributed by atoms with Crippen molar-refractivity contribution in [2.24, 2.45) is 5.92 Å².